The van der Waals surface area contributed by atoms with Crippen molar-refractivity contribution in [3.05, 3.63) is 18.1 Å². The molecule has 0 saturated carbocycles. The minimum Gasteiger partial charge on any atom is -0.481 e. The highest BCUT2D eigenvalue weighted by Crippen LogP contribution is 2.18. The van der Waals surface area contributed by atoms with Crippen molar-refractivity contribution < 1.29 is 9.90 Å². The first kappa shape index (κ1) is 9.91. The molecule has 78 valence electrons. The number of aryl methyl sites for hydroxylation is 1. The average Bonchev–Trinajstić information content (AvgIpc) is 2.61. The lowest BCUT2D eigenvalue weighted by Gasteiger charge is -2.02. The van der Waals surface area contributed by atoms with Gasteiger partial charge in [0.15, 0.2) is 0 Å². The smallest absolute Gasteiger partial charge is 0.313 e. The van der Waals surface area contributed by atoms with Crippen LogP contribution in [0.4, 0.5) is 0 Å². The Hall–Kier alpha value is -1.63. The van der Waals surface area contributed by atoms with Gasteiger partial charge >= 0.3 is 5.97 Å². The van der Waals surface area contributed by atoms with Crippen LogP contribution in [0.25, 0.3) is 5.78 Å². The SMILES string of the molecule is Cc1cc(SCC(=O)O)n2ncnc2n1. The van der Waals surface area contributed by atoms with E-state index in [-0.39, 0.29) is 5.75 Å². The fourth-order valence-corrected chi connectivity index (χ4v) is 1.91. The maximum atomic E-state index is 10.5. The molecule has 1 N–H and O–H groups in total. The van der Waals surface area contributed by atoms with Gasteiger partial charge in [-0.2, -0.15) is 14.6 Å². The van der Waals surface area contributed by atoms with Crippen LogP contribution in [0.1, 0.15) is 5.69 Å². The number of carbonyl (C=O) groups is 1. The van der Waals surface area contributed by atoms with E-state index in [1.807, 2.05) is 6.92 Å². The summed E-state index contributed by atoms with van der Waals surface area (Å²) in [5.74, 6) is -0.371. The molecule has 0 aliphatic rings. The molecule has 2 aromatic rings. The molecule has 0 atom stereocenters. The lowest BCUT2D eigenvalue weighted by Crippen LogP contribution is -2.02. The lowest BCUT2D eigenvalue weighted by molar-refractivity contribution is -0.133. The number of hydrogen-bond acceptors (Lipinski definition) is 5. The zero-order chi connectivity index (χ0) is 10.8. The molecule has 0 aliphatic heterocycles. The van der Waals surface area contributed by atoms with E-state index in [1.54, 1.807) is 6.07 Å². The van der Waals surface area contributed by atoms with Gasteiger partial charge in [-0.25, -0.2) is 4.98 Å². The highest BCUT2D eigenvalue weighted by molar-refractivity contribution is 7.99. The zero-order valence-electron chi connectivity index (χ0n) is 7.91. The van der Waals surface area contributed by atoms with Gasteiger partial charge in [-0.3, -0.25) is 4.79 Å². The van der Waals surface area contributed by atoms with Gasteiger partial charge < -0.3 is 5.11 Å². The molecule has 0 radical (unpaired) electrons. The highest BCUT2D eigenvalue weighted by Gasteiger charge is 2.07. The number of aliphatic carboxylic acids is 1. The van der Waals surface area contributed by atoms with Gasteiger partial charge in [0, 0.05) is 5.69 Å². The first-order valence-electron chi connectivity index (χ1n) is 4.19. The van der Waals surface area contributed by atoms with Crippen LogP contribution in [0.3, 0.4) is 0 Å². The van der Waals surface area contributed by atoms with Gasteiger partial charge in [0.2, 0.25) is 0 Å². The molecular formula is C8H8N4O2S. The van der Waals surface area contributed by atoms with Crippen molar-refractivity contribution in [2.24, 2.45) is 0 Å². The summed E-state index contributed by atoms with van der Waals surface area (Å²) < 4.78 is 1.53. The van der Waals surface area contributed by atoms with Crippen molar-refractivity contribution in [2.45, 2.75) is 11.9 Å². The Morgan fingerprint density at radius 3 is 3.20 bits per heavy atom. The highest BCUT2D eigenvalue weighted by atomic mass is 32.2. The molecule has 2 aromatic heterocycles. The molecule has 0 bridgehead atoms. The summed E-state index contributed by atoms with van der Waals surface area (Å²) >= 11 is 1.20. The number of nitrogens with zero attached hydrogens (tertiary/aromatic N) is 4. The van der Waals surface area contributed by atoms with E-state index < -0.39 is 5.97 Å². The lowest BCUT2D eigenvalue weighted by atomic mass is 10.5. The number of rotatable bonds is 3. The van der Waals surface area contributed by atoms with Crippen LogP contribution in [0.15, 0.2) is 17.4 Å². The van der Waals surface area contributed by atoms with E-state index in [0.717, 1.165) is 10.7 Å². The number of hydrogen-bond donors (Lipinski definition) is 1. The fourth-order valence-electron chi connectivity index (χ4n) is 1.14. The quantitative estimate of drug-likeness (QED) is 0.607. The van der Waals surface area contributed by atoms with Crippen LogP contribution in [-0.2, 0) is 4.79 Å². The molecule has 2 rings (SSSR count). The normalized spacial score (nSPS) is 10.7. The molecule has 6 nitrogen and oxygen atoms in total. The van der Waals surface area contributed by atoms with Crippen LogP contribution in [-0.4, -0.2) is 36.4 Å². The molecule has 7 heteroatoms. The monoisotopic (exact) mass is 224 g/mol. The number of aromatic nitrogens is 4. The number of fused-ring (bicyclic) bond motifs is 1. The summed E-state index contributed by atoms with van der Waals surface area (Å²) in [6.45, 7) is 1.83. The third-order valence-electron chi connectivity index (χ3n) is 1.69. The maximum Gasteiger partial charge on any atom is 0.313 e. The Bertz CT molecular complexity index is 510. The number of carboxylic acid groups (broad SMARTS) is 1. The first-order chi connectivity index (χ1) is 7.16. The van der Waals surface area contributed by atoms with Crippen molar-refractivity contribution >= 4 is 23.5 Å². The molecule has 0 spiro atoms. The van der Waals surface area contributed by atoms with Gasteiger partial charge in [-0.15, -0.1) is 0 Å². The van der Waals surface area contributed by atoms with Crippen molar-refractivity contribution in [2.75, 3.05) is 5.75 Å². The van der Waals surface area contributed by atoms with E-state index >= 15 is 0 Å². The largest absolute Gasteiger partial charge is 0.481 e. The molecule has 2 heterocycles. The van der Waals surface area contributed by atoms with E-state index in [9.17, 15) is 4.79 Å². The predicted molar refractivity (Wildman–Crippen MR) is 53.9 cm³/mol. The van der Waals surface area contributed by atoms with Crippen LogP contribution in [0, 0.1) is 6.92 Å². The van der Waals surface area contributed by atoms with Crippen molar-refractivity contribution in [3.63, 3.8) is 0 Å². The molecule has 15 heavy (non-hydrogen) atoms. The van der Waals surface area contributed by atoms with Crippen molar-refractivity contribution in [3.8, 4) is 0 Å². The summed E-state index contributed by atoms with van der Waals surface area (Å²) in [4.78, 5) is 18.5. The fraction of sp³-hybridized carbons (Fsp3) is 0.250. The summed E-state index contributed by atoms with van der Waals surface area (Å²) in [6, 6.07) is 1.79. The molecule has 0 fully saturated rings. The van der Waals surface area contributed by atoms with Gasteiger partial charge in [-0.05, 0) is 13.0 Å². The third kappa shape index (κ3) is 2.07. The summed E-state index contributed by atoms with van der Waals surface area (Å²) in [6.07, 6.45) is 1.40. The molecule has 0 amide bonds. The Labute approximate surface area is 89.4 Å². The van der Waals surface area contributed by atoms with E-state index in [1.165, 1.54) is 22.6 Å². The van der Waals surface area contributed by atoms with Crippen molar-refractivity contribution in [1.82, 2.24) is 19.6 Å². The summed E-state index contributed by atoms with van der Waals surface area (Å²) in [5, 5.41) is 13.3. The van der Waals surface area contributed by atoms with Crippen LogP contribution >= 0.6 is 11.8 Å². The standard InChI is InChI=1S/C8H8N4O2S/c1-5-2-6(15-3-7(13)14)12-8(11-5)9-4-10-12/h2,4H,3H2,1H3,(H,13,14). The molecule has 0 aromatic carbocycles. The first-order valence-corrected chi connectivity index (χ1v) is 5.17. The second-order valence-corrected chi connectivity index (χ2v) is 3.89. The predicted octanol–water partition coefficient (Wildman–Crippen LogP) is 0.609. The Morgan fingerprint density at radius 2 is 2.47 bits per heavy atom. The Kier molecular flexibility index (Phi) is 2.55. The Morgan fingerprint density at radius 1 is 1.67 bits per heavy atom. The maximum absolute atomic E-state index is 10.5. The second-order valence-electron chi connectivity index (χ2n) is 2.89. The minimum absolute atomic E-state index is 0.00157. The minimum atomic E-state index is -0.859. The van der Waals surface area contributed by atoms with Crippen LogP contribution in [0.5, 0.6) is 0 Å². The number of carboxylic acids is 1. The van der Waals surface area contributed by atoms with Crippen molar-refractivity contribution in [1.29, 1.82) is 0 Å². The molecule has 0 aliphatic carbocycles. The van der Waals surface area contributed by atoms with Gasteiger partial charge in [0.05, 0.1) is 5.75 Å². The zero-order valence-corrected chi connectivity index (χ0v) is 8.73. The van der Waals surface area contributed by atoms with Crippen LogP contribution < -0.4 is 0 Å². The van der Waals surface area contributed by atoms with Crippen LogP contribution in [0.2, 0.25) is 0 Å². The average molecular weight is 224 g/mol. The topological polar surface area (TPSA) is 80.4 Å². The second kappa shape index (κ2) is 3.85. The van der Waals surface area contributed by atoms with Gasteiger partial charge in [0.1, 0.15) is 11.4 Å². The Balaban J connectivity index is 2.39. The molecule has 0 saturated heterocycles. The van der Waals surface area contributed by atoms with Gasteiger partial charge in [0.25, 0.3) is 5.78 Å². The van der Waals surface area contributed by atoms with E-state index in [2.05, 4.69) is 15.1 Å². The van der Waals surface area contributed by atoms with Gasteiger partial charge in [-0.1, -0.05) is 11.8 Å². The number of thioether (sulfide) groups is 1. The van der Waals surface area contributed by atoms with E-state index in [4.69, 9.17) is 5.11 Å². The summed E-state index contributed by atoms with van der Waals surface area (Å²) in [5.41, 5.74) is 0.795. The summed E-state index contributed by atoms with van der Waals surface area (Å²) in [7, 11) is 0. The molecular weight excluding hydrogens is 216 g/mol. The third-order valence-corrected chi connectivity index (χ3v) is 2.67. The molecule has 0 unspecified atom stereocenters. The van der Waals surface area contributed by atoms with E-state index in [0.29, 0.717) is 5.78 Å².